The predicted molar refractivity (Wildman–Crippen MR) is 99.5 cm³/mol. The van der Waals surface area contributed by atoms with Crippen LogP contribution in [0.1, 0.15) is 23.0 Å². The fraction of sp³-hybridized carbons (Fsp3) is 0.235. The average molecular weight is 399 g/mol. The molecule has 5 nitrogen and oxygen atoms in total. The Labute approximate surface area is 160 Å². The van der Waals surface area contributed by atoms with Gasteiger partial charge in [0.2, 0.25) is 0 Å². The molecule has 1 atom stereocenters. The number of hydrogen-bond donors (Lipinski definition) is 1. The molecular formula is C17H16Cl2N2O3S. The van der Waals surface area contributed by atoms with E-state index in [9.17, 15) is 14.7 Å². The zero-order valence-corrected chi connectivity index (χ0v) is 15.9. The number of benzene rings is 1. The molecule has 25 heavy (non-hydrogen) atoms. The van der Waals surface area contributed by atoms with E-state index in [0.717, 1.165) is 0 Å². The van der Waals surface area contributed by atoms with Crippen LogP contribution < -0.4 is 0 Å². The lowest BCUT2D eigenvalue weighted by atomic mass is 10.1. The molecule has 1 amide bonds. The van der Waals surface area contributed by atoms with Crippen molar-refractivity contribution < 1.29 is 14.7 Å². The molecule has 132 valence electrons. The van der Waals surface area contributed by atoms with Crippen molar-refractivity contribution in [2.75, 3.05) is 6.26 Å². The maximum atomic E-state index is 12.9. The first kappa shape index (κ1) is 19.6. The first-order chi connectivity index (χ1) is 11.8. The van der Waals surface area contributed by atoms with Crippen molar-refractivity contribution in [2.24, 2.45) is 0 Å². The lowest BCUT2D eigenvalue weighted by molar-refractivity contribution is -0.141. The number of carbonyl (C=O) groups excluding carboxylic acids is 1. The second-order valence-electron chi connectivity index (χ2n) is 5.25. The normalized spacial score (nSPS) is 11.8. The minimum atomic E-state index is -1.11. The lowest BCUT2D eigenvalue weighted by Gasteiger charge is -2.27. The van der Waals surface area contributed by atoms with Gasteiger partial charge in [-0.15, -0.1) is 11.8 Å². The van der Waals surface area contributed by atoms with E-state index in [1.165, 1.54) is 23.6 Å². The Morgan fingerprint density at radius 1 is 1.28 bits per heavy atom. The maximum absolute atomic E-state index is 12.9. The standard InChI is InChI=1S/C17H16Cl2N2O3S/c1-10(17(23)24)21(9-11-6-7-12(18)8-13(11)19)16(22)14-4-3-5-15(20-14)25-2/h3-8,10H,9H2,1-2H3,(H,23,24). The zero-order chi connectivity index (χ0) is 18.6. The summed E-state index contributed by atoms with van der Waals surface area (Å²) < 4.78 is 0. The fourth-order valence-electron chi connectivity index (χ4n) is 2.15. The Morgan fingerprint density at radius 2 is 2.00 bits per heavy atom. The van der Waals surface area contributed by atoms with Gasteiger partial charge in [0.15, 0.2) is 0 Å². The second-order valence-corrected chi connectivity index (χ2v) is 6.92. The summed E-state index contributed by atoms with van der Waals surface area (Å²) in [4.78, 5) is 29.8. The number of carboxylic acid groups (broad SMARTS) is 1. The number of carboxylic acids is 1. The van der Waals surface area contributed by atoms with E-state index in [2.05, 4.69) is 4.98 Å². The average Bonchev–Trinajstić information content (AvgIpc) is 2.60. The summed E-state index contributed by atoms with van der Waals surface area (Å²) in [5, 5.41) is 10.9. The third-order valence-corrected chi connectivity index (χ3v) is 4.83. The molecule has 1 aromatic carbocycles. The van der Waals surface area contributed by atoms with Gasteiger partial charge in [0.1, 0.15) is 11.7 Å². The number of hydrogen-bond acceptors (Lipinski definition) is 4. The van der Waals surface area contributed by atoms with Gasteiger partial charge < -0.3 is 10.0 Å². The molecule has 0 aliphatic heterocycles. The summed E-state index contributed by atoms with van der Waals surface area (Å²) in [6.07, 6.45) is 1.85. The number of halogens is 2. The SMILES string of the molecule is CSc1cccc(C(=O)N(Cc2ccc(Cl)cc2Cl)C(C)C(=O)O)n1. The molecule has 1 aromatic heterocycles. The summed E-state index contributed by atoms with van der Waals surface area (Å²) in [6, 6.07) is 8.88. The van der Waals surface area contributed by atoms with Crippen LogP contribution in [-0.4, -0.2) is 39.2 Å². The molecule has 1 unspecified atom stereocenters. The van der Waals surface area contributed by atoms with Gasteiger partial charge in [0.25, 0.3) is 5.91 Å². The lowest BCUT2D eigenvalue weighted by Crippen LogP contribution is -2.43. The van der Waals surface area contributed by atoms with E-state index in [1.54, 1.807) is 36.4 Å². The maximum Gasteiger partial charge on any atom is 0.326 e. The van der Waals surface area contributed by atoms with Crippen LogP contribution in [-0.2, 0) is 11.3 Å². The van der Waals surface area contributed by atoms with E-state index in [4.69, 9.17) is 23.2 Å². The number of aromatic nitrogens is 1. The number of pyridine rings is 1. The fourth-order valence-corrected chi connectivity index (χ4v) is 3.02. The van der Waals surface area contributed by atoms with Gasteiger partial charge in [-0.1, -0.05) is 35.3 Å². The second kappa shape index (κ2) is 8.56. The quantitative estimate of drug-likeness (QED) is 0.737. The summed E-state index contributed by atoms with van der Waals surface area (Å²) in [6.45, 7) is 1.48. The smallest absolute Gasteiger partial charge is 0.326 e. The summed E-state index contributed by atoms with van der Waals surface area (Å²) in [7, 11) is 0. The van der Waals surface area contributed by atoms with Crippen LogP contribution in [0.5, 0.6) is 0 Å². The van der Waals surface area contributed by atoms with E-state index in [0.29, 0.717) is 20.6 Å². The molecule has 0 fully saturated rings. The Kier molecular flexibility index (Phi) is 6.70. The molecule has 0 aliphatic carbocycles. The number of aliphatic carboxylic acids is 1. The molecule has 1 heterocycles. The highest BCUT2D eigenvalue weighted by molar-refractivity contribution is 7.98. The molecule has 2 rings (SSSR count). The van der Waals surface area contributed by atoms with Crippen molar-refractivity contribution in [3.8, 4) is 0 Å². The number of nitrogens with zero attached hydrogens (tertiary/aromatic N) is 2. The number of thioether (sulfide) groups is 1. The van der Waals surface area contributed by atoms with Crippen LogP contribution in [0.25, 0.3) is 0 Å². The molecular weight excluding hydrogens is 383 g/mol. The highest BCUT2D eigenvalue weighted by atomic mass is 35.5. The molecule has 0 saturated carbocycles. The molecule has 8 heteroatoms. The van der Waals surface area contributed by atoms with Crippen molar-refractivity contribution in [3.05, 3.63) is 57.7 Å². The summed E-state index contributed by atoms with van der Waals surface area (Å²) >= 11 is 13.5. The van der Waals surface area contributed by atoms with Crippen LogP contribution >= 0.6 is 35.0 Å². The molecule has 2 aromatic rings. The first-order valence-corrected chi connectivity index (χ1v) is 9.30. The van der Waals surface area contributed by atoms with Crippen molar-refractivity contribution >= 4 is 46.8 Å². The number of rotatable bonds is 6. The molecule has 0 bridgehead atoms. The van der Waals surface area contributed by atoms with Gasteiger partial charge in [0.05, 0.1) is 5.03 Å². The van der Waals surface area contributed by atoms with Crippen LogP contribution in [0.3, 0.4) is 0 Å². The molecule has 0 spiro atoms. The predicted octanol–water partition coefficient (Wildman–Crippen LogP) is 4.23. The van der Waals surface area contributed by atoms with E-state index in [-0.39, 0.29) is 12.2 Å². The Balaban J connectivity index is 2.38. The summed E-state index contributed by atoms with van der Waals surface area (Å²) in [5.74, 6) is -1.59. The van der Waals surface area contributed by atoms with Crippen LogP contribution in [0.15, 0.2) is 41.4 Å². The minimum Gasteiger partial charge on any atom is -0.480 e. The summed E-state index contributed by atoms with van der Waals surface area (Å²) in [5.41, 5.74) is 0.790. The Bertz CT molecular complexity index is 801. The monoisotopic (exact) mass is 398 g/mol. The van der Waals surface area contributed by atoms with Crippen molar-refractivity contribution in [3.63, 3.8) is 0 Å². The van der Waals surface area contributed by atoms with Crippen LogP contribution in [0, 0.1) is 0 Å². The minimum absolute atomic E-state index is 0.0352. The van der Waals surface area contributed by atoms with Gasteiger partial charge in [-0.05, 0) is 43.0 Å². The van der Waals surface area contributed by atoms with Crippen molar-refractivity contribution in [2.45, 2.75) is 24.5 Å². The highest BCUT2D eigenvalue weighted by Crippen LogP contribution is 2.24. The van der Waals surface area contributed by atoms with E-state index in [1.807, 2.05) is 6.26 Å². The van der Waals surface area contributed by atoms with Crippen LogP contribution in [0.4, 0.5) is 0 Å². The van der Waals surface area contributed by atoms with E-state index < -0.39 is 17.9 Å². The van der Waals surface area contributed by atoms with Crippen molar-refractivity contribution in [1.82, 2.24) is 9.88 Å². The Hall–Kier alpha value is -1.76. The highest BCUT2D eigenvalue weighted by Gasteiger charge is 2.28. The number of amides is 1. The third-order valence-electron chi connectivity index (χ3n) is 3.59. The molecule has 1 N–H and O–H groups in total. The van der Waals surface area contributed by atoms with E-state index >= 15 is 0 Å². The number of carbonyl (C=O) groups is 2. The van der Waals surface area contributed by atoms with Gasteiger partial charge in [-0.25, -0.2) is 9.78 Å². The van der Waals surface area contributed by atoms with Gasteiger partial charge in [0, 0.05) is 16.6 Å². The topological polar surface area (TPSA) is 70.5 Å². The van der Waals surface area contributed by atoms with Gasteiger partial charge in [-0.3, -0.25) is 4.79 Å². The van der Waals surface area contributed by atoms with Crippen molar-refractivity contribution in [1.29, 1.82) is 0 Å². The van der Waals surface area contributed by atoms with Crippen LogP contribution in [0.2, 0.25) is 10.0 Å². The Morgan fingerprint density at radius 3 is 2.60 bits per heavy atom. The molecule has 0 radical (unpaired) electrons. The molecule has 0 aliphatic rings. The molecule has 0 saturated heterocycles. The first-order valence-electron chi connectivity index (χ1n) is 7.32. The third kappa shape index (κ3) is 4.87. The zero-order valence-electron chi connectivity index (χ0n) is 13.6. The van der Waals surface area contributed by atoms with Gasteiger partial charge >= 0.3 is 5.97 Å². The van der Waals surface area contributed by atoms with Gasteiger partial charge in [-0.2, -0.15) is 0 Å². The largest absolute Gasteiger partial charge is 0.480 e.